The van der Waals surface area contributed by atoms with E-state index in [4.69, 9.17) is 0 Å². The SMILES string of the molecule is c1ccc(C(Sc2cccc3ccccc23)c2cccs2)cc1. The fraction of sp³-hybridized carbons (Fsp3) is 0.0476. The molecule has 0 fully saturated rings. The van der Waals surface area contributed by atoms with Crippen LogP contribution in [0.1, 0.15) is 15.7 Å². The van der Waals surface area contributed by atoms with Crippen molar-refractivity contribution in [3.8, 4) is 0 Å². The molecule has 1 heterocycles. The monoisotopic (exact) mass is 332 g/mol. The lowest BCUT2D eigenvalue weighted by Crippen LogP contribution is -1.94. The minimum atomic E-state index is 0.335. The van der Waals surface area contributed by atoms with Crippen LogP contribution in [0.5, 0.6) is 0 Å². The molecule has 0 aliphatic rings. The normalized spacial score (nSPS) is 12.3. The van der Waals surface area contributed by atoms with Gasteiger partial charge in [-0.2, -0.15) is 0 Å². The van der Waals surface area contributed by atoms with Crippen molar-refractivity contribution in [2.75, 3.05) is 0 Å². The Morgan fingerprint density at radius 3 is 2.30 bits per heavy atom. The van der Waals surface area contributed by atoms with Crippen molar-refractivity contribution >= 4 is 33.9 Å². The quantitative estimate of drug-likeness (QED) is 0.371. The molecular formula is C21H16S2. The fourth-order valence-electron chi connectivity index (χ4n) is 2.78. The Labute approximate surface area is 144 Å². The van der Waals surface area contributed by atoms with Crippen LogP contribution < -0.4 is 0 Å². The van der Waals surface area contributed by atoms with Gasteiger partial charge in [0.15, 0.2) is 0 Å². The van der Waals surface area contributed by atoms with Crippen molar-refractivity contribution in [3.05, 3.63) is 101 Å². The Bertz CT molecular complexity index is 890. The molecule has 23 heavy (non-hydrogen) atoms. The van der Waals surface area contributed by atoms with Crippen LogP contribution in [0.15, 0.2) is 95.2 Å². The number of thiophene rings is 1. The highest BCUT2D eigenvalue weighted by Crippen LogP contribution is 2.44. The van der Waals surface area contributed by atoms with Crippen molar-refractivity contribution in [1.82, 2.24) is 0 Å². The Balaban J connectivity index is 1.79. The summed E-state index contributed by atoms with van der Waals surface area (Å²) < 4.78 is 0. The highest BCUT2D eigenvalue weighted by atomic mass is 32.2. The van der Waals surface area contributed by atoms with E-state index in [-0.39, 0.29) is 0 Å². The highest BCUT2D eigenvalue weighted by Gasteiger charge is 2.17. The maximum Gasteiger partial charge on any atom is 0.0687 e. The van der Waals surface area contributed by atoms with Gasteiger partial charge in [0.1, 0.15) is 0 Å². The molecule has 4 rings (SSSR count). The zero-order chi connectivity index (χ0) is 15.5. The van der Waals surface area contributed by atoms with E-state index >= 15 is 0 Å². The molecule has 112 valence electrons. The summed E-state index contributed by atoms with van der Waals surface area (Å²) in [6.07, 6.45) is 0. The molecule has 0 saturated carbocycles. The maximum absolute atomic E-state index is 2.24. The van der Waals surface area contributed by atoms with Crippen LogP contribution in [-0.4, -0.2) is 0 Å². The average Bonchev–Trinajstić information content (AvgIpc) is 3.15. The molecule has 0 nitrogen and oxygen atoms in total. The fourth-order valence-corrected chi connectivity index (χ4v) is 5.04. The molecule has 0 saturated heterocycles. The molecule has 3 aromatic carbocycles. The second kappa shape index (κ2) is 6.61. The smallest absolute Gasteiger partial charge is 0.0687 e. The molecule has 1 aromatic heterocycles. The van der Waals surface area contributed by atoms with Gasteiger partial charge in [0.2, 0.25) is 0 Å². The first-order chi connectivity index (χ1) is 11.4. The van der Waals surface area contributed by atoms with Gasteiger partial charge >= 0.3 is 0 Å². The summed E-state index contributed by atoms with van der Waals surface area (Å²) in [5, 5.41) is 5.13. The number of benzene rings is 3. The van der Waals surface area contributed by atoms with Crippen molar-refractivity contribution in [2.24, 2.45) is 0 Å². The molecule has 0 aliphatic carbocycles. The molecule has 4 aromatic rings. The first-order valence-electron chi connectivity index (χ1n) is 7.64. The van der Waals surface area contributed by atoms with E-state index < -0.39 is 0 Å². The van der Waals surface area contributed by atoms with E-state index in [2.05, 4.69) is 90.3 Å². The van der Waals surface area contributed by atoms with Gasteiger partial charge in [0.05, 0.1) is 5.25 Å². The molecule has 0 radical (unpaired) electrons. The second-order valence-corrected chi connectivity index (χ2v) is 7.53. The molecule has 1 unspecified atom stereocenters. The number of rotatable bonds is 4. The third-order valence-electron chi connectivity index (χ3n) is 3.90. The van der Waals surface area contributed by atoms with E-state index in [9.17, 15) is 0 Å². The first-order valence-corrected chi connectivity index (χ1v) is 9.40. The van der Waals surface area contributed by atoms with Gasteiger partial charge in [0.25, 0.3) is 0 Å². The van der Waals surface area contributed by atoms with Gasteiger partial charge < -0.3 is 0 Å². The predicted molar refractivity (Wildman–Crippen MR) is 102 cm³/mol. The molecule has 0 bridgehead atoms. The molecule has 0 N–H and O–H groups in total. The van der Waals surface area contributed by atoms with Crippen LogP contribution in [-0.2, 0) is 0 Å². The van der Waals surface area contributed by atoms with Gasteiger partial charge in [0, 0.05) is 9.77 Å². The van der Waals surface area contributed by atoms with E-state index in [1.165, 1.54) is 26.1 Å². The Morgan fingerprint density at radius 2 is 1.48 bits per heavy atom. The van der Waals surface area contributed by atoms with Gasteiger partial charge in [-0.1, -0.05) is 72.8 Å². The van der Waals surface area contributed by atoms with Gasteiger partial charge in [-0.3, -0.25) is 0 Å². The predicted octanol–water partition coefficient (Wildman–Crippen LogP) is 6.78. The van der Waals surface area contributed by atoms with Crippen molar-refractivity contribution in [2.45, 2.75) is 10.1 Å². The zero-order valence-corrected chi connectivity index (χ0v) is 14.2. The van der Waals surface area contributed by atoms with Crippen LogP contribution >= 0.6 is 23.1 Å². The summed E-state index contributed by atoms with van der Waals surface area (Å²) in [7, 11) is 0. The number of hydrogen-bond donors (Lipinski definition) is 0. The Hall–Kier alpha value is -2.03. The minimum Gasteiger partial charge on any atom is -0.147 e. The van der Waals surface area contributed by atoms with E-state index in [0.717, 1.165) is 0 Å². The molecular weight excluding hydrogens is 316 g/mol. The lowest BCUT2D eigenvalue weighted by molar-refractivity contribution is 1.20. The topological polar surface area (TPSA) is 0 Å². The summed E-state index contributed by atoms with van der Waals surface area (Å²) >= 11 is 3.77. The van der Waals surface area contributed by atoms with Gasteiger partial charge in [-0.05, 0) is 33.8 Å². The van der Waals surface area contributed by atoms with Crippen molar-refractivity contribution in [1.29, 1.82) is 0 Å². The van der Waals surface area contributed by atoms with E-state index in [1.54, 1.807) is 0 Å². The third kappa shape index (κ3) is 3.05. The molecule has 0 spiro atoms. The summed E-state index contributed by atoms with van der Waals surface area (Å²) in [4.78, 5) is 2.74. The van der Waals surface area contributed by atoms with Crippen LogP contribution in [0.25, 0.3) is 10.8 Å². The highest BCUT2D eigenvalue weighted by molar-refractivity contribution is 8.00. The number of fused-ring (bicyclic) bond motifs is 1. The Kier molecular flexibility index (Phi) is 4.18. The van der Waals surface area contributed by atoms with Gasteiger partial charge in [-0.25, -0.2) is 0 Å². The maximum atomic E-state index is 2.24. The standard InChI is InChI=1S/C21H16S2/c1-2-9-17(10-3-1)21(20-14-7-15-22-20)23-19-13-6-11-16-8-4-5-12-18(16)19/h1-15,21H. The van der Waals surface area contributed by atoms with Crippen LogP contribution in [0.4, 0.5) is 0 Å². The molecule has 0 aliphatic heterocycles. The summed E-state index contributed by atoms with van der Waals surface area (Å²) in [5.41, 5.74) is 1.35. The molecule has 1 atom stereocenters. The average molecular weight is 332 g/mol. The molecule has 0 amide bonds. The van der Waals surface area contributed by atoms with Gasteiger partial charge in [-0.15, -0.1) is 23.1 Å². The molecule has 2 heteroatoms. The largest absolute Gasteiger partial charge is 0.147 e. The van der Waals surface area contributed by atoms with Crippen molar-refractivity contribution < 1.29 is 0 Å². The van der Waals surface area contributed by atoms with E-state index in [1.807, 2.05) is 23.1 Å². The van der Waals surface area contributed by atoms with Crippen LogP contribution in [0, 0.1) is 0 Å². The Morgan fingerprint density at radius 1 is 0.696 bits per heavy atom. The third-order valence-corrected chi connectivity index (χ3v) is 6.36. The summed E-state index contributed by atoms with van der Waals surface area (Å²) in [6.45, 7) is 0. The summed E-state index contributed by atoms with van der Waals surface area (Å²) in [6, 6.07) is 30.3. The van der Waals surface area contributed by atoms with Crippen molar-refractivity contribution in [3.63, 3.8) is 0 Å². The zero-order valence-electron chi connectivity index (χ0n) is 12.6. The first kappa shape index (κ1) is 14.6. The minimum absolute atomic E-state index is 0.335. The van der Waals surface area contributed by atoms with Crippen LogP contribution in [0.2, 0.25) is 0 Å². The lowest BCUT2D eigenvalue weighted by Gasteiger charge is -2.17. The summed E-state index contributed by atoms with van der Waals surface area (Å²) in [5.74, 6) is 0. The lowest BCUT2D eigenvalue weighted by atomic mass is 10.1. The van der Waals surface area contributed by atoms with E-state index in [0.29, 0.717) is 5.25 Å². The number of hydrogen-bond acceptors (Lipinski definition) is 2. The van der Waals surface area contributed by atoms with Crippen LogP contribution in [0.3, 0.4) is 0 Å². The second-order valence-electron chi connectivity index (χ2n) is 5.40. The number of thioether (sulfide) groups is 1.